The van der Waals surface area contributed by atoms with Crippen molar-refractivity contribution in [1.82, 2.24) is 29.9 Å². The molecule has 0 aliphatic rings. The van der Waals surface area contributed by atoms with Gasteiger partial charge in [-0.1, -0.05) is 6.07 Å². The first-order valence-electron chi connectivity index (χ1n) is 8.47. The molecule has 0 unspecified atom stereocenters. The number of hydrogen-bond acceptors (Lipinski definition) is 8. The minimum absolute atomic E-state index is 0.0349. The van der Waals surface area contributed by atoms with Crippen molar-refractivity contribution in [3.8, 4) is 11.5 Å². The maximum atomic E-state index is 13.0. The van der Waals surface area contributed by atoms with Crippen molar-refractivity contribution in [2.45, 2.75) is 12.4 Å². The highest BCUT2D eigenvalue weighted by atomic mass is 19.4. The van der Waals surface area contributed by atoms with Gasteiger partial charge in [0.1, 0.15) is 17.1 Å². The Morgan fingerprint density at radius 3 is 2.13 bits per heavy atom. The van der Waals surface area contributed by atoms with Crippen molar-refractivity contribution in [2.24, 2.45) is 0 Å². The molecule has 3 rings (SSSR count). The number of hydrazine groups is 1. The summed E-state index contributed by atoms with van der Waals surface area (Å²) in [6.07, 6.45) is -8.40. The Kier molecular flexibility index (Phi) is 5.92. The van der Waals surface area contributed by atoms with E-state index in [1.54, 1.807) is 14.1 Å². The Morgan fingerprint density at radius 2 is 1.48 bits per heavy atom. The lowest BCUT2D eigenvalue weighted by Gasteiger charge is -2.14. The molecule has 8 nitrogen and oxygen atoms in total. The van der Waals surface area contributed by atoms with E-state index >= 15 is 0 Å². The molecule has 164 valence electrons. The summed E-state index contributed by atoms with van der Waals surface area (Å²) in [5, 5.41) is 4.03. The molecule has 3 aromatic rings. The van der Waals surface area contributed by atoms with Gasteiger partial charge in [-0.25, -0.2) is 9.99 Å². The van der Waals surface area contributed by atoms with Gasteiger partial charge < -0.3 is 5.32 Å². The van der Waals surface area contributed by atoms with Crippen molar-refractivity contribution in [3.63, 3.8) is 0 Å². The van der Waals surface area contributed by atoms with E-state index < -0.39 is 23.7 Å². The Hall–Kier alpha value is -3.55. The Bertz CT molecular complexity index is 1070. The third-order valence-corrected chi connectivity index (χ3v) is 3.53. The summed E-state index contributed by atoms with van der Waals surface area (Å²) in [7, 11) is 3.22. The number of alkyl halides is 6. The van der Waals surface area contributed by atoms with Crippen LogP contribution in [0.1, 0.15) is 11.4 Å². The van der Waals surface area contributed by atoms with E-state index in [0.717, 1.165) is 24.4 Å². The fraction of sp³-hybridized carbons (Fsp3) is 0.235. The van der Waals surface area contributed by atoms with Crippen molar-refractivity contribution in [1.29, 1.82) is 0 Å². The number of anilines is 3. The van der Waals surface area contributed by atoms with Gasteiger partial charge in [0.2, 0.25) is 11.9 Å². The van der Waals surface area contributed by atoms with Crippen LogP contribution in [0.25, 0.3) is 11.5 Å². The summed E-state index contributed by atoms with van der Waals surface area (Å²) in [6, 6.07) is 5.19. The molecule has 14 heteroatoms. The van der Waals surface area contributed by atoms with Crippen LogP contribution >= 0.6 is 0 Å². The molecule has 0 radical (unpaired) electrons. The number of halogens is 6. The molecule has 0 aliphatic heterocycles. The van der Waals surface area contributed by atoms with Crippen LogP contribution in [0.2, 0.25) is 0 Å². The van der Waals surface area contributed by atoms with Crippen LogP contribution in [-0.4, -0.2) is 44.0 Å². The van der Waals surface area contributed by atoms with E-state index in [-0.39, 0.29) is 29.1 Å². The SMILES string of the molecule is CN(C)Nc1nc(Nc2ccnc(C(F)(F)F)c2)nc(-c2cccc(C(F)(F)F)n2)n1. The highest BCUT2D eigenvalue weighted by Crippen LogP contribution is 2.30. The number of aromatic nitrogens is 5. The van der Waals surface area contributed by atoms with Crippen LogP contribution in [-0.2, 0) is 12.4 Å². The second kappa shape index (κ2) is 8.29. The zero-order valence-corrected chi connectivity index (χ0v) is 15.9. The van der Waals surface area contributed by atoms with Gasteiger partial charge in [0, 0.05) is 26.0 Å². The van der Waals surface area contributed by atoms with Gasteiger partial charge in [0.15, 0.2) is 5.82 Å². The monoisotopic (exact) mass is 444 g/mol. The molecule has 0 bridgehead atoms. The van der Waals surface area contributed by atoms with Gasteiger partial charge in [-0.15, -0.1) is 0 Å². The summed E-state index contributed by atoms with van der Waals surface area (Å²) in [6.45, 7) is 0. The number of pyridine rings is 2. The van der Waals surface area contributed by atoms with E-state index in [4.69, 9.17) is 0 Å². The molecule has 31 heavy (non-hydrogen) atoms. The fourth-order valence-electron chi connectivity index (χ4n) is 2.31. The minimum Gasteiger partial charge on any atom is -0.324 e. The van der Waals surface area contributed by atoms with Gasteiger partial charge in [-0.3, -0.25) is 10.4 Å². The number of rotatable bonds is 5. The molecule has 0 aliphatic carbocycles. The molecule has 3 heterocycles. The lowest BCUT2D eigenvalue weighted by molar-refractivity contribution is -0.141. The maximum Gasteiger partial charge on any atom is 0.433 e. The lowest BCUT2D eigenvalue weighted by atomic mass is 10.3. The molecule has 0 saturated heterocycles. The standard InChI is InChI=1S/C17H14F6N8/c1-31(2)30-15-28-13(10-4-3-5-11(26-10)16(18,19)20)27-14(29-15)25-9-6-7-24-12(8-9)17(21,22)23/h3-8H,1-2H3,(H2,24,25,27,28,29,30). The average Bonchev–Trinajstić information content (AvgIpc) is 2.66. The van der Waals surface area contributed by atoms with E-state index in [1.165, 1.54) is 17.1 Å². The van der Waals surface area contributed by atoms with Gasteiger partial charge in [-0.2, -0.15) is 41.3 Å². The molecule has 3 aromatic heterocycles. The Morgan fingerprint density at radius 1 is 0.806 bits per heavy atom. The van der Waals surface area contributed by atoms with Crippen LogP contribution in [0, 0.1) is 0 Å². The summed E-state index contributed by atoms with van der Waals surface area (Å²) in [5.41, 5.74) is 0.186. The first-order valence-corrected chi connectivity index (χ1v) is 8.47. The zero-order chi connectivity index (χ0) is 22.8. The highest BCUT2D eigenvalue weighted by Gasteiger charge is 2.33. The first-order chi connectivity index (χ1) is 14.4. The smallest absolute Gasteiger partial charge is 0.324 e. The molecular weight excluding hydrogens is 430 g/mol. The second-order valence-corrected chi connectivity index (χ2v) is 6.27. The van der Waals surface area contributed by atoms with Crippen LogP contribution < -0.4 is 10.7 Å². The summed E-state index contributed by atoms with van der Waals surface area (Å²) < 4.78 is 77.6. The van der Waals surface area contributed by atoms with Gasteiger partial charge in [-0.05, 0) is 24.3 Å². The van der Waals surface area contributed by atoms with Crippen molar-refractivity contribution in [3.05, 3.63) is 47.9 Å². The van der Waals surface area contributed by atoms with Crippen molar-refractivity contribution >= 4 is 17.6 Å². The quantitative estimate of drug-likeness (QED) is 0.451. The number of nitrogens with zero attached hydrogens (tertiary/aromatic N) is 6. The third-order valence-electron chi connectivity index (χ3n) is 3.53. The molecule has 2 N–H and O–H groups in total. The van der Waals surface area contributed by atoms with Gasteiger partial charge in [0.05, 0.1) is 0 Å². The molecule has 0 aromatic carbocycles. The van der Waals surface area contributed by atoms with Gasteiger partial charge >= 0.3 is 12.4 Å². The number of hydrogen-bond donors (Lipinski definition) is 2. The van der Waals surface area contributed by atoms with Crippen molar-refractivity contribution < 1.29 is 26.3 Å². The van der Waals surface area contributed by atoms with E-state index in [2.05, 4.69) is 35.7 Å². The van der Waals surface area contributed by atoms with Crippen LogP contribution in [0.5, 0.6) is 0 Å². The van der Waals surface area contributed by atoms with Crippen molar-refractivity contribution in [2.75, 3.05) is 24.8 Å². The topological polar surface area (TPSA) is 91.8 Å². The Labute approximate surface area is 171 Å². The molecule has 0 amide bonds. The third kappa shape index (κ3) is 5.75. The largest absolute Gasteiger partial charge is 0.433 e. The van der Waals surface area contributed by atoms with Gasteiger partial charge in [0.25, 0.3) is 0 Å². The van der Waals surface area contributed by atoms with Crippen LogP contribution in [0.15, 0.2) is 36.5 Å². The predicted octanol–water partition coefficient (Wildman–Crippen LogP) is 4.00. The fourth-order valence-corrected chi connectivity index (χ4v) is 2.31. The number of nitrogens with one attached hydrogen (secondary N) is 2. The predicted molar refractivity (Wildman–Crippen MR) is 97.9 cm³/mol. The van der Waals surface area contributed by atoms with Crippen LogP contribution in [0.4, 0.5) is 43.9 Å². The molecular formula is C17H14F6N8. The van der Waals surface area contributed by atoms with Crippen LogP contribution in [0.3, 0.4) is 0 Å². The summed E-state index contributed by atoms with van der Waals surface area (Å²) in [4.78, 5) is 18.8. The van der Waals surface area contributed by atoms with E-state index in [1.807, 2.05) is 0 Å². The maximum absolute atomic E-state index is 13.0. The second-order valence-electron chi connectivity index (χ2n) is 6.27. The highest BCUT2D eigenvalue weighted by molar-refractivity contribution is 5.59. The molecule has 0 atom stereocenters. The molecule has 0 spiro atoms. The molecule has 0 fully saturated rings. The zero-order valence-electron chi connectivity index (χ0n) is 15.9. The lowest BCUT2D eigenvalue weighted by Crippen LogP contribution is -2.22. The molecule has 0 saturated carbocycles. The minimum atomic E-state index is -4.68. The average molecular weight is 444 g/mol. The normalized spacial score (nSPS) is 12.2. The van der Waals surface area contributed by atoms with E-state index in [9.17, 15) is 26.3 Å². The summed E-state index contributed by atoms with van der Waals surface area (Å²) in [5.74, 6) is -0.507. The Balaban J connectivity index is 2.02. The van der Waals surface area contributed by atoms with E-state index in [0.29, 0.717) is 0 Å². The summed E-state index contributed by atoms with van der Waals surface area (Å²) >= 11 is 0. The first kappa shape index (κ1) is 22.1.